The first kappa shape index (κ1) is 13.0. The lowest BCUT2D eigenvalue weighted by Gasteiger charge is -1.99. The van der Waals surface area contributed by atoms with Crippen molar-refractivity contribution in [2.24, 2.45) is 7.05 Å². The number of hydrogen-bond donors (Lipinski definition) is 0. The van der Waals surface area contributed by atoms with Crippen LogP contribution < -0.4 is 0 Å². The maximum absolute atomic E-state index is 6.03. The van der Waals surface area contributed by atoms with Gasteiger partial charge in [0.05, 0.1) is 22.9 Å². The molecule has 22 heavy (non-hydrogen) atoms. The van der Waals surface area contributed by atoms with Crippen molar-refractivity contribution in [3.63, 3.8) is 0 Å². The van der Waals surface area contributed by atoms with Crippen molar-refractivity contribution >= 4 is 22.6 Å². The lowest BCUT2D eigenvalue weighted by atomic mass is 10.3. The molecule has 0 aliphatic carbocycles. The fourth-order valence-electron chi connectivity index (χ4n) is 2.45. The highest BCUT2D eigenvalue weighted by molar-refractivity contribution is 6.31. The first-order valence-corrected chi connectivity index (χ1v) is 7.20. The number of fused-ring (bicyclic) bond motifs is 1. The van der Waals surface area contributed by atoms with E-state index in [4.69, 9.17) is 11.6 Å². The summed E-state index contributed by atoms with van der Waals surface area (Å²) in [5.41, 5.74) is 3.49. The Labute approximate surface area is 131 Å². The monoisotopic (exact) mass is 309 g/mol. The zero-order chi connectivity index (χ0) is 15.1. The molecule has 0 N–H and O–H groups in total. The van der Waals surface area contributed by atoms with Gasteiger partial charge >= 0.3 is 0 Å². The molecule has 0 fully saturated rings. The highest BCUT2D eigenvalue weighted by Crippen LogP contribution is 2.24. The van der Waals surface area contributed by atoms with Crippen LogP contribution in [0, 0.1) is 0 Å². The van der Waals surface area contributed by atoms with Crippen LogP contribution in [0.15, 0.2) is 54.7 Å². The minimum Gasteiger partial charge on any atom is -0.326 e. The molecule has 0 saturated carbocycles. The van der Waals surface area contributed by atoms with E-state index in [9.17, 15) is 0 Å². The highest BCUT2D eigenvalue weighted by atomic mass is 35.5. The lowest BCUT2D eigenvalue weighted by Crippen LogP contribution is -1.99. The molecule has 0 atom stereocenters. The van der Waals surface area contributed by atoms with Crippen LogP contribution >= 0.6 is 11.6 Å². The van der Waals surface area contributed by atoms with Gasteiger partial charge in [0.2, 0.25) is 0 Å². The number of benzene rings is 2. The molecular weight excluding hydrogens is 298 g/mol. The summed E-state index contributed by atoms with van der Waals surface area (Å²) in [5.74, 6) is 0.763. The molecule has 108 valence electrons. The summed E-state index contributed by atoms with van der Waals surface area (Å²) >= 11 is 6.03. The minimum atomic E-state index is 0.671. The van der Waals surface area contributed by atoms with Gasteiger partial charge in [0.1, 0.15) is 5.69 Å². The summed E-state index contributed by atoms with van der Waals surface area (Å²) in [6.45, 7) is 0. The Balaban J connectivity index is 1.83. The topological polar surface area (TPSA) is 48.5 Å². The standard InChI is InChI=1S/C16H12ClN5/c1-21-15-8-7-11(17)9-13(15)19-16(21)14-10-18-22(20-14)12-5-3-2-4-6-12/h2-10H,1H3. The van der Waals surface area contributed by atoms with E-state index in [1.807, 2.05) is 60.1 Å². The Morgan fingerprint density at radius 2 is 1.86 bits per heavy atom. The summed E-state index contributed by atoms with van der Waals surface area (Å²) in [7, 11) is 1.96. The average molecular weight is 310 g/mol. The number of rotatable bonds is 2. The Morgan fingerprint density at radius 1 is 1.05 bits per heavy atom. The van der Waals surface area contributed by atoms with E-state index in [1.165, 1.54) is 0 Å². The van der Waals surface area contributed by atoms with Crippen LogP contribution in [-0.2, 0) is 7.05 Å². The van der Waals surface area contributed by atoms with Crippen molar-refractivity contribution < 1.29 is 0 Å². The Hall–Kier alpha value is -2.66. The van der Waals surface area contributed by atoms with E-state index in [0.29, 0.717) is 5.02 Å². The van der Waals surface area contributed by atoms with Gasteiger partial charge in [0.25, 0.3) is 0 Å². The first-order valence-electron chi connectivity index (χ1n) is 6.82. The third-order valence-corrected chi connectivity index (χ3v) is 3.79. The second kappa shape index (κ2) is 4.96. The number of nitrogens with zero attached hydrogens (tertiary/aromatic N) is 5. The molecule has 0 bridgehead atoms. The van der Waals surface area contributed by atoms with Crippen LogP contribution in [0.1, 0.15) is 0 Å². The zero-order valence-electron chi connectivity index (χ0n) is 11.8. The molecule has 0 radical (unpaired) electrons. The Morgan fingerprint density at radius 3 is 2.68 bits per heavy atom. The molecule has 4 aromatic rings. The van der Waals surface area contributed by atoms with Gasteiger partial charge in [-0.15, -0.1) is 5.10 Å². The van der Waals surface area contributed by atoms with Crippen LogP contribution in [0.2, 0.25) is 5.02 Å². The van der Waals surface area contributed by atoms with Crippen LogP contribution in [0.3, 0.4) is 0 Å². The molecule has 4 rings (SSSR count). The highest BCUT2D eigenvalue weighted by Gasteiger charge is 2.13. The fraction of sp³-hybridized carbons (Fsp3) is 0.0625. The van der Waals surface area contributed by atoms with Gasteiger partial charge < -0.3 is 4.57 Å². The van der Waals surface area contributed by atoms with Gasteiger partial charge in [-0.2, -0.15) is 9.90 Å². The van der Waals surface area contributed by atoms with Gasteiger partial charge in [0.15, 0.2) is 5.82 Å². The summed E-state index contributed by atoms with van der Waals surface area (Å²) in [6.07, 6.45) is 1.72. The van der Waals surface area contributed by atoms with Gasteiger partial charge in [-0.1, -0.05) is 29.8 Å². The minimum absolute atomic E-state index is 0.671. The molecule has 2 aromatic carbocycles. The quantitative estimate of drug-likeness (QED) is 0.569. The number of aryl methyl sites for hydroxylation is 1. The molecule has 6 heteroatoms. The van der Waals surface area contributed by atoms with E-state index >= 15 is 0 Å². The molecule has 0 aliphatic rings. The molecule has 2 aromatic heterocycles. The number of aromatic nitrogens is 5. The van der Waals surface area contributed by atoms with Crippen molar-refractivity contribution in [1.29, 1.82) is 0 Å². The first-order chi connectivity index (χ1) is 10.7. The molecular formula is C16H12ClN5. The van der Waals surface area contributed by atoms with Crippen LogP contribution in [0.25, 0.3) is 28.2 Å². The zero-order valence-corrected chi connectivity index (χ0v) is 12.6. The summed E-state index contributed by atoms with van der Waals surface area (Å²) < 4.78 is 1.99. The molecule has 0 aliphatic heterocycles. The third-order valence-electron chi connectivity index (χ3n) is 3.55. The SMILES string of the molecule is Cn1c(-c2cnn(-c3ccccc3)n2)nc2cc(Cl)ccc21. The maximum atomic E-state index is 6.03. The number of para-hydroxylation sites is 1. The van der Waals surface area contributed by atoms with Crippen molar-refractivity contribution in [3.8, 4) is 17.2 Å². The summed E-state index contributed by atoms with van der Waals surface area (Å²) in [6, 6.07) is 15.4. The summed E-state index contributed by atoms with van der Waals surface area (Å²) in [5, 5.41) is 9.51. The van der Waals surface area contributed by atoms with Gasteiger partial charge in [-0.05, 0) is 30.3 Å². The van der Waals surface area contributed by atoms with Gasteiger partial charge in [0, 0.05) is 12.1 Å². The Bertz CT molecular complexity index is 955. The summed E-state index contributed by atoms with van der Waals surface area (Å²) in [4.78, 5) is 6.21. The number of imidazole rings is 1. The van der Waals surface area contributed by atoms with Crippen molar-refractivity contribution in [3.05, 3.63) is 59.8 Å². The van der Waals surface area contributed by atoms with Crippen LogP contribution in [-0.4, -0.2) is 24.5 Å². The third kappa shape index (κ3) is 2.07. The van der Waals surface area contributed by atoms with E-state index in [0.717, 1.165) is 28.2 Å². The number of hydrogen-bond acceptors (Lipinski definition) is 3. The average Bonchev–Trinajstić information content (AvgIpc) is 3.13. The van der Waals surface area contributed by atoms with Gasteiger partial charge in [-0.3, -0.25) is 0 Å². The Kier molecular flexibility index (Phi) is 2.94. The predicted octanol–water partition coefficient (Wildman–Crippen LogP) is 3.47. The normalized spacial score (nSPS) is 11.2. The van der Waals surface area contributed by atoms with E-state index in [2.05, 4.69) is 15.2 Å². The van der Waals surface area contributed by atoms with Crippen LogP contribution in [0.4, 0.5) is 0 Å². The molecule has 0 spiro atoms. The molecule has 5 nitrogen and oxygen atoms in total. The smallest absolute Gasteiger partial charge is 0.163 e. The second-order valence-corrected chi connectivity index (χ2v) is 5.42. The molecule has 0 amide bonds. The van der Waals surface area contributed by atoms with Gasteiger partial charge in [-0.25, -0.2) is 4.98 Å². The van der Waals surface area contributed by atoms with Crippen molar-refractivity contribution in [2.45, 2.75) is 0 Å². The molecule has 0 saturated heterocycles. The van der Waals surface area contributed by atoms with E-state index in [1.54, 1.807) is 11.0 Å². The fourth-order valence-corrected chi connectivity index (χ4v) is 2.62. The largest absolute Gasteiger partial charge is 0.326 e. The van der Waals surface area contributed by atoms with E-state index < -0.39 is 0 Å². The molecule has 0 unspecified atom stereocenters. The lowest BCUT2D eigenvalue weighted by molar-refractivity contribution is 0.751. The van der Waals surface area contributed by atoms with Crippen LogP contribution in [0.5, 0.6) is 0 Å². The molecule has 2 heterocycles. The maximum Gasteiger partial charge on any atom is 0.163 e. The van der Waals surface area contributed by atoms with Crippen molar-refractivity contribution in [1.82, 2.24) is 24.5 Å². The van der Waals surface area contributed by atoms with E-state index in [-0.39, 0.29) is 0 Å². The predicted molar refractivity (Wildman–Crippen MR) is 86.1 cm³/mol. The number of halogens is 1. The van der Waals surface area contributed by atoms with Crippen molar-refractivity contribution in [2.75, 3.05) is 0 Å². The second-order valence-electron chi connectivity index (χ2n) is 4.98.